The lowest BCUT2D eigenvalue weighted by Crippen LogP contribution is -2.44. The zero-order valence-electron chi connectivity index (χ0n) is 17.7. The quantitative estimate of drug-likeness (QED) is 0.0732. The number of aliphatic imine (C=N–C) groups is 1. The highest BCUT2D eigenvalue weighted by Crippen LogP contribution is 2.21. The SMILES string of the molecule is CC(C)C(=O)OCCSSCCC(=O)NC(CCCN=C(N)N)C(N)=O.CC(N)=O. The Kier molecular flexibility index (Phi) is 18.9. The number of rotatable bonds is 14. The van der Waals surface area contributed by atoms with E-state index in [1.807, 2.05) is 0 Å². The summed E-state index contributed by atoms with van der Waals surface area (Å²) in [5.41, 5.74) is 20.2. The minimum Gasteiger partial charge on any atom is -0.465 e. The maximum absolute atomic E-state index is 11.9. The predicted molar refractivity (Wildman–Crippen MR) is 121 cm³/mol. The molecule has 0 rings (SSSR count). The topological polar surface area (TPSA) is 206 Å². The summed E-state index contributed by atoms with van der Waals surface area (Å²) in [5.74, 6) is -0.292. The molecule has 0 saturated heterocycles. The number of hydrogen-bond donors (Lipinski definition) is 5. The molecule has 30 heavy (non-hydrogen) atoms. The lowest BCUT2D eigenvalue weighted by atomic mass is 10.1. The normalized spacial score (nSPS) is 10.9. The summed E-state index contributed by atoms with van der Waals surface area (Å²) in [6.07, 6.45) is 1.17. The molecule has 0 spiro atoms. The zero-order chi connectivity index (χ0) is 23.5. The standard InChI is InChI=1S/C15H29N5O4S2.C2H5NO/c1-10(2)14(23)24-7-9-26-25-8-5-12(21)20-11(13(16)22)4-3-6-19-15(17)18;1-2(3)4/h10-11H,3-9H2,1-2H3,(H2,16,22)(H,20,21)(H4,17,18,19);1H3,(H2,3,4). The van der Waals surface area contributed by atoms with Gasteiger partial charge in [0.1, 0.15) is 12.6 Å². The molecule has 0 heterocycles. The van der Waals surface area contributed by atoms with E-state index in [9.17, 15) is 19.2 Å². The van der Waals surface area contributed by atoms with Gasteiger partial charge >= 0.3 is 5.97 Å². The number of primary amides is 2. The van der Waals surface area contributed by atoms with E-state index in [1.54, 1.807) is 13.8 Å². The number of nitrogens with two attached hydrogens (primary N) is 4. The summed E-state index contributed by atoms with van der Waals surface area (Å²) in [7, 11) is 3.03. The van der Waals surface area contributed by atoms with Gasteiger partial charge in [0.15, 0.2) is 5.96 Å². The fourth-order valence-corrected chi connectivity index (χ4v) is 3.47. The first-order chi connectivity index (χ1) is 14.0. The molecular formula is C17H34N6O5S2. The van der Waals surface area contributed by atoms with E-state index in [0.717, 1.165) is 0 Å². The van der Waals surface area contributed by atoms with Crippen LogP contribution in [-0.4, -0.2) is 60.3 Å². The van der Waals surface area contributed by atoms with Crippen LogP contribution < -0.4 is 28.3 Å². The minimum atomic E-state index is -0.732. The number of carbonyl (C=O) groups excluding carboxylic acids is 4. The lowest BCUT2D eigenvalue weighted by molar-refractivity contribution is -0.146. The third-order valence-electron chi connectivity index (χ3n) is 3.00. The molecule has 11 nitrogen and oxygen atoms in total. The summed E-state index contributed by atoms with van der Waals surface area (Å²) in [6, 6.07) is -0.732. The van der Waals surface area contributed by atoms with Crippen LogP contribution in [0.25, 0.3) is 0 Å². The van der Waals surface area contributed by atoms with Crippen molar-refractivity contribution in [1.82, 2.24) is 5.32 Å². The van der Waals surface area contributed by atoms with Gasteiger partial charge in [-0.1, -0.05) is 35.4 Å². The highest BCUT2D eigenvalue weighted by atomic mass is 33.1. The predicted octanol–water partition coefficient (Wildman–Crippen LogP) is -0.528. The van der Waals surface area contributed by atoms with Crippen molar-refractivity contribution in [2.75, 3.05) is 24.7 Å². The van der Waals surface area contributed by atoms with Crippen molar-refractivity contribution in [1.29, 1.82) is 0 Å². The molecule has 0 aliphatic carbocycles. The molecule has 0 aromatic carbocycles. The fraction of sp³-hybridized carbons (Fsp3) is 0.706. The van der Waals surface area contributed by atoms with Crippen molar-refractivity contribution < 1.29 is 23.9 Å². The average molecular weight is 467 g/mol. The van der Waals surface area contributed by atoms with Crippen molar-refractivity contribution in [2.24, 2.45) is 33.8 Å². The first-order valence-electron chi connectivity index (χ1n) is 9.28. The van der Waals surface area contributed by atoms with Gasteiger partial charge in [-0.2, -0.15) is 0 Å². The van der Waals surface area contributed by atoms with Crippen molar-refractivity contribution >= 4 is 51.2 Å². The van der Waals surface area contributed by atoms with Crippen LogP contribution in [0.2, 0.25) is 0 Å². The molecule has 3 amide bonds. The van der Waals surface area contributed by atoms with Gasteiger partial charge in [-0.25, -0.2) is 0 Å². The summed E-state index contributed by atoms with van der Waals surface area (Å²) in [4.78, 5) is 47.5. The number of esters is 1. The summed E-state index contributed by atoms with van der Waals surface area (Å²) in [6.45, 7) is 5.59. The van der Waals surface area contributed by atoms with E-state index in [-0.39, 0.29) is 36.1 Å². The third-order valence-corrected chi connectivity index (χ3v) is 5.37. The van der Waals surface area contributed by atoms with Crippen LogP contribution in [0, 0.1) is 5.92 Å². The molecule has 0 aromatic heterocycles. The van der Waals surface area contributed by atoms with Gasteiger partial charge in [0.05, 0.1) is 5.92 Å². The van der Waals surface area contributed by atoms with E-state index in [2.05, 4.69) is 16.0 Å². The smallest absolute Gasteiger partial charge is 0.308 e. The number of nitrogens with zero attached hydrogens (tertiary/aromatic N) is 1. The fourth-order valence-electron chi connectivity index (χ4n) is 1.65. The summed E-state index contributed by atoms with van der Waals surface area (Å²) >= 11 is 0. The summed E-state index contributed by atoms with van der Waals surface area (Å²) in [5, 5.41) is 2.62. The Morgan fingerprint density at radius 3 is 2.10 bits per heavy atom. The van der Waals surface area contributed by atoms with E-state index in [4.69, 9.17) is 21.9 Å². The Morgan fingerprint density at radius 1 is 1.03 bits per heavy atom. The van der Waals surface area contributed by atoms with Crippen LogP contribution in [0.1, 0.15) is 40.0 Å². The molecular weight excluding hydrogens is 432 g/mol. The Hall–Kier alpha value is -2.15. The number of guanidine groups is 1. The average Bonchev–Trinajstić information content (AvgIpc) is 2.62. The maximum Gasteiger partial charge on any atom is 0.308 e. The van der Waals surface area contributed by atoms with Crippen molar-refractivity contribution in [3.8, 4) is 0 Å². The Bertz CT molecular complexity index is 567. The molecule has 0 fully saturated rings. The second-order valence-electron chi connectivity index (χ2n) is 6.30. The van der Waals surface area contributed by atoms with E-state index in [1.165, 1.54) is 28.5 Å². The zero-order valence-corrected chi connectivity index (χ0v) is 19.4. The van der Waals surface area contributed by atoms with Gasteiger partial charge in [-0.3, -0.25) is 24.2 Å². The van der Waals surface area contributed by atoms with Crippen LogP contribution in [0.4, 0.5) is 0 Å². The highest BCUT2D eigenvalue weighted by Gasteiger charge is 2.17. The number of ether oxygens (including phenoxy) is 1. The number of amides is 3. The second-order valence-corrected chi connectivity index (χ2v) is 9.00. The molecule has 1 atom stereocenters. The Balaban J connectivity index is 0. The van der Waals surface area contributed by atoms with Crippen LogP contribution >= 0.6 is 21.6 Å². The van der Waals surface area contributed by atoms with Crippen LogP contribution in [0.5, 0.6) is 0 Å². The van der Waals surface area contributed by atoms with Crippen LogP contribution in [0.15, 0.2) is 4.99 Å². The number of hydrogen-bond acceptors (Lipinski definition) is 8. The Labute approximate surface area is 185 Å². The maximum atomic E-state index is 11.9. The van der Waals surface area contributed by atoms with Gasteiger partial charge in [-0.15, -0.1) is 0 Å². The molecule has 9 N–H and O–H groups in total. The molecule has 0 aliphatic rings. The molecule has 1 unspecified atom stereocenters. The van der Waals surface area contributed by atoms with Gasteiger partial charge in [0, 0.05) is 31.4 Å². The monoisotopic (exact) mass is 466 g/mol. The largest absolute Gasteiger partial charge is 0.465 e. The third kappa shape index (κ3) is 22.1. The van der Waals surface area contributed by atoms with E-state index < -0.39 is 11.9 Å². The van der Waals surface area contributed by atoms with Crippen molar-refractivity contribution in [3.63, 3.8) is 0 Å². The minimum absolute atomic E-state index is 0.0156. The van der Waals surface area contributed by atoms with E-state index >= 15 is 0 Å². The second kappa shape index (κ2) is 18.9. The van der Waals surface area contributed by atoms with Gasteiger partial charge < -0.3 is 33.0 Å². The van der Waals surface area contributed by atoms with Crippen molar-refractivity contribution in [2.45, 2.75) is 46.1 Å². The number of nitrogens with one attached hydrogen (secondary N) is 1. The lowest BCUT2D eigenvalue weighted by Gasteiger charge is -2.14. The first-order valence-corrected chi connectivity index (χ1v) is 11.8. The van der Waals surface area contributed by atoms with Crippen LogP contribution in [-0.2, 0) is 23.9 Å². The molecule has 0 bridgehead atoms. The molecule has 0 aliphatic heterocycles. The Morgan fingerprint density at radius 2 is 1.60 bits per heavy atom. The van der Waals surface area contributed by atoms with Gasteiger partial charge in [-0.05, 0) is 12.8 Å². The van der Waals surface area contributed by atoms with Gasteiger partial charge in [0.25, 0.3) is 0 Å². The first kappa shape index (κ1) is 30.0. The summed E-state index contributed by atoms with van der Waals surface area (Å²) < 4.78 is 5.04. The number of carbonyl (C=O) groups is 4. The van der Waals surface area contributed by atoms with Crippen molar-refractivity contribution in [3.05, 3.63) is 0 Å². The molecule has 0 saturated carbocycles. The molecule has 0 aromatic rings. The van der Waals surface area contributed by atoms with E-state index in [0.29, 0.717) is 37.5 Å². The van der Waals surface area contributed by atoms with Crippen LogP contribution in [0.3, 0.4) is 0 Å². The molecule has 174 valence electrons. The molecule has 0 radical (unpaired) electrons. The molecule has 13 heteroatoms. The highest BCUT2D eigenvalue weighted by molar-refractivity contribution is 8.76. The van der Waals surface area contributed by atoms with Gasteiger partial charge in [0.2, 0.25) is 17.7 Å².